The third-order valence-electron chi connectivity index (χ3n) is 4.74. The average Bonchev–Trinajstić information content (AvgIpc) is 3.35. The van der Waals surface area contributed by atoms with Crippen molar-refractivity contribution in [1.82, 2.24) is 9.88 Å². The van der Waals surface area contributed by atoms with Gasteiger partial charge in [-0.15, -0.1) is 0 Å². The van der Waals surface area contributed by atoms with Crippen molar-refractivity contribution in [2.45, 2.75) is 6.54 Å². The molecule has 0 unspecified atom stereocenters. The number of carbonyl (C=O) groups is 3. The number of rotatable bonds is 5. The predicted molar refractivity (Wildman–Crippen MR) is 104 cm³/mol. The van der Waals surface area contributed by atoms with Crippen LogP contribution in [-0.4, -0.2) is 28.8 Å². The molecule has 1 amide bonds. The number of hydrogen-bond acceptors (Lipinski definition) is 4. The number of hydrogen-bond donors (Lipinski definition) is 1. The number of cyclic esters (lactones) is 1. The van der Waals surface area contributed by atoms with Gasteiger partial charge in [0.25, 0.3) is 11.7 Å². The van der Waals surface area contributed by atoms with Crippen molar-refractivity contribution in [2.75, 3.05) is 6.61 Å². The highest BCUT2D eigenvalue weighted by Gasteiger charge is 2.31. The third-order valence-corrected chi connectivity index (χ3v) is 4.99. The van der Waals surface area contributed by atoms with Gasteiger partial charge >= 0.3 is 5.97 Å². The fourth-order valence-corrected chi connectivity index (χ4v) is 3.40. The van der Waals surface area contributed by atoms with Crippen molar-refractivity contribution in [3.63, 3.8) is 0 Å². The number of amides is 1. The van der Waals surface area contributed by atoms with Crippen LogP contribution >= 0.6 is 11.6 Å². The number of esters is 1. The van der Waals surface area contributed by atoms with Crippen LogP contribution in [0.15, 0.2) is 42.2 Å². The van der Waals surface area contributed by atoms with Crippen LogP contribution in [-0.2, 0) is 20.9 Å². The molecule has 0 saturated carbocycles. The van der Waals surface area contributed by atoms with Gasteiger partial charge in [-0.05, 0) is 17.7 Å². The lowest BCUT2D eigenvalue weighted by atomic mass is 10.1. The minimum atomic E-state index is -2.12. The topological polar surface area (TPSA) is 77.4 Å². The summed E-state index contributed by atoms with van der Waals surface area (Å²) < 4.78 is 62.7. The fourth-order valence-electron chi connectivity index (χ4n) is 3.28. The molecule has 2 heterocycles. The number of nitrogens with zero attached hydrogens (tertiary/aromatic N) is 1. The normalized spacial score (nSPS) is 13.3. The molecule has 2 aromatic carbocycles. The molecule has 1 aliphatic heterocycles. The summed E-state index contributed by atoms with van der Waals surface area (Å²) in [6.45, 7) is -0.462. The van der Waals surface area contributed by atoms with Crippen molar-refractivity contribution in [1.29, 1.82) is 0 Å². The van der Waals surface area contributed by atoms with Gasteiger partial charge in [-0.25, -0.2) is 22.4 Å². The molecule has 4 rings (SSSR count). The van der Waals surface area contributed by atoms with E-state index >= 15 is 0 Å². The summed E-state index contributed by atoms with van der Waals surface area (Å²) in [6.07, 6.45) is 1.86. The van der Waals surface area contributed by atoms with Gasteiger partial charge < -0.3 is 14.6 Å². The molecule has 164 valence electrons. The van der Waals surface area contributed by atoms with Crippen LogP contribution < -0.4 is 5.32 Å². The molecule has 1 N–H and O–H groups in total. The Balaban J connectivity index is 1.82. The molecule has 32 heavy (non-hydrogen) atoms. The molecule has 0 atom stereocenters. The Morgan fingerprint density at radius 1 is 1.03 bits per heavy atom. The molecule has 1 aliphatic rings. The molecule has 0 fully saturated rings. The van der Waals surface area contributed by atoms with E-state index in [-0.39, 0.29) is 18.8 Å². The summed E-state index contributed by atoms with van der Waals surface area (Å²) in [7, 11) is 0. The second kappa shape index (κ2) is 8.12. The number of aromatic nitrogens is 1. The lowest BCUT2D eigenvalue weighted by Crippen LogP contribution is -2.31. The summed E-state index contributed by atoms with van der Waals surface area (Å²) in [5.74, 6) is -11.1. The van der Waals surface area contributed by atoms with Gasteiger partial charge in [-0.3, -0.25) is 9.59 Å². The fraction of sp³-hybridized carbons (Fsp3) is 0.0952. The van der Waals surface area contributed by atoms with Gasteiger partial charge in [-0.1, -0.05) is 23.7 Å². The van der Waals surface area contributed by atoms with Gasteiger partial charge in [0.1, 0.15) is 6.61 Å². The van der Waals surface area contributed by atoms with Crippen molar-refractivity contribution >= 4 is 40.2 Å². The van der Waals surface area contributed by atoms with E-state index in [1.807, 2.05) is 0 Å². The Bertz CT molecular complexity index is 1330. The monoisotopic (exact) mass is 466 g/mol. The Labute approximate surface area is 182 Å². The first kappa shape index (κ1) is 21.6. The molecule has 0 saturated heterocycles. The van der Waals surface area contributed by atoms with Gasteiger partial charge in [0.2, 0.25) is 0 Å². The number of Topliss-reactive ketones (excluding diaryl/α,β-unsaturated/α-hetero) is 1. The predicted octanol–water partition coefficient (Wildman–Crippen LogP) is 3.64. The first-order chi connectivity index (χ1) is 15.2. The number of benzene rings is 2. The lowest BCUT2D eigenvalue weighted by Gasteiger charge is -2.08. The molecule has 1 aromatic heterocycles. The zero-order valence-electron chi connectivity index (χ0n) is 15.8. The summed E-state index contributed by atoms with van der Waals surface area (Å²) in [6, 6.07) is 6.16. The zero-order chi connectivity index (χ0) is 23.2. The molecule has 0 radical (unpaired) electrons. The van der Waals surface area contributed by atoms with E-state index in [1.165, 1.54) is 12.1 Å². The van der Waals surface area contributed by atoms with Gasteiger partial charge in [0, 0.05) is 23.8 Å². The minimum Gasteiger partial charge on any atom is -0.456 e. The van der Waals surface area contributed by atoms with Crippen LogP contribution in [0.3, 0.4) is 0 Å². The number of fused-ring (bicyclic) bond motifs is 1. The van der Waals surface area contributed by atoms with Crippen LogP contribution in [0.25, 0.3) is 10.9 Å². The number of ketones is 1. The maximum absolute atomic E-state index is 14.6. The molecule has 6 nitrogen and oxygen atoms in total. The Morgan fingerprint density at radius 3 is 2.31 bits per heavy atom. The first-order valence-electron chi connectivity index (χ1n) is 8.99. The number of carbonyl (C=O) groups excluding carboxylic acids is 3. The Morgan fingerprint density at radius 2 is 1.69 bits per heavy atom. The van der Waals surface area contributed by atoms with Crippen molar-refractivity contribution < 1.29 is 36.7 Å². The minimum absolute atomic E-state index is 0.0258. The summed E-state index contributed by atoms with van der Waals surface area (Å²) in [4.78, 5) is 36.1. The highest BCUT2D eigenvalue weighted by Crippen LogP contribution is 2.32. The van der Waals surface area contributed by atoms with Crippen LogP contribution in [0, 0.1) is 23.3 Å². The molecular weight excluding hydrogens is 456 g/mol. The van der Waals surface area contributed by atoms with Crippen molar-refractivity contribution in [2.24, 2.45) is 0 Å². The van der Waals surface area contributed by atoms with Gasteiger partial charge in [-0.2, -0.15) is 0 Å². The molecule has 3 aromatic rings. The highest BCUT2D eigenvalue weighted by atomic mass is 35.5. The smallest absolute Gasteiger partial charge is 0.333 e. The van der Waals surface area contributed by atoms with E-state index in [1.54, 1.807) is 12.1 Å². The van der Waals surface area contributed by atoms with Crippen LogP contribution in [0.4, 0.5) is 17.6 Å². The van der Waals surface area contributed by atoms with Gasteiger partial charge in [0.05, 0.1) is 22.2 Å². The molecular formula is C21H11ClF4N2O4. The van der Waals surface area contributed by atoms with Crippen molar-refractivity contribution in [3.8, 4) is 0 Å². The average molecular weight is 467 g/mol. The molecule has 0 spiro atoms. The third kappa shape index (κ3) is 3.73. The molecule has 0 bridgehead atoms. The van der Waals surface area contributed by atoms with E-state index in [9.17, 15) is 31.9 Å². The lowest BCUT2D eigenvalue weighted by molar-refractivity contribution is -0.135. The first-order valence-corrected chi connectivity index (χ1v) is 9.37. The molecule has 0 aliphatic carbocycles. The zero-order valence-corrected chi connectivity index (χ0v) is 16.6. The van der Waals surface area contributed by atoms with E-state index in [0.717, 1.165) is 16.8 Å². The second-order valence-corrected chi connectivity index (χ2v) is 7.27. The number of nitrogens with one attached hydrogen (secondary N) is 1. The van der Waals surface area contributed by atoms with E-state index < -0.39 is 57.4 Å². The summed E-state index contributed by atoms with van der Waals surface area (Å²) in [5, 5.41) is 1.64. The highest BCUT2D eigenvalue weighted by molar-refractivity contribution is 6.45. The SMILES string of the molecule is O=C1C=C(NC(=O)C(=O)c2cn(Cc3ccc(Cl)cc3)c3c(F)c(F)c(F)c(F)c23)CO1. The quantitative estimate of drug-likeness (QED) is 0.155. The number of ether oxygens (including phenoxy) is 1. The largest absolute Gasteiger partial charge is 0.456 e. The molecule has 11 heteroatoms. The van der Waals surface area contributed by atoms with E-state index in [0.29, 0.717) is 10.6 Å². The van der Waals surface area contributed by atoms with E-state index in [2.05, 4.69) is 10.1 Å². The van der Waals surface area contributed by atoms with Crippen LogP contribution in [0.5, 0.6) is 0 Å². The number of halogens is 5. The Hall–Kier alpha value is -3.66. The summed E-state index contributed by atoms with van der Waals surface area (Å²) in [5.41, 5.74) is -0.924. The standard InChI is InChI=1S/C21H11ClF4N2O4/c22-10-3-1-9(2-4-10)6-28-7-12(14-15(23)16(24)17(25)18(26)19(14)28)20(30)21(31)27-11-5-13(29)32-8-11/h1-5,7H,6,8H2,(H,27,31). The van der Waals surface area contributed by atoms with Crippen molar-refractivity contribution in [3.05, 3.63) is 81.7 Å². The second-order valence-electron chi connectivity index (χ2n) is 6.84. The van der Waals surface area contributed by atoms with Crippen LogP contribution in [0.2, 0.25) is 5.02 Å². The van der Waals surface area contributed by atoms with Crippen LogP contribution in [0.1, 0.15) is 15.9 Å². The maximum Gasteiger partial charge on any atom is 0.333 e. The van der Waals surface area contributed by atoms with E-state index in [4.69, 9.17) is 11.6 Å². The van der Waals surface area contributed by atoms with Gasteiger partial charge in [0.15, 0.2) is 23.3 Å². The summed E-state index contributed by atoms with van der Waals surface area (Å²) >= 11 is 5.82. The maximum atomic E-state index is 14.6. The Kier molecular flexibility index (Phi) is 5.47.